The molecule has 4 heteroatoms. The summed E-state index contributed by atoms with van der Waals surface area (Å²) in [5, 5.41) is 11.1. The summed E-state index contributed by atoms with van der Waals surface area (Å²) in [5.74, 6) is 0. The van der Waals surface area contributed by atoms with Crippen LogP contribution in [0.25, 0.3) is 0 Å². The average molecular weight is 219 g/mol. The first-order valence-electron chi connectivity index (χ1n) is 2.61. The van der Waals surface area contributed by atoms with Crippen LogP contribution in [0.4, 0.5) is 0 Å². The molecule has 0 saturated carbocycles. The van der Waals surface area contributed by atoms with Crippen molar-refractivity contribution in [3.63, 3.8) is 0 Å². The van der Waals surface area contributed by atoms with Crippen LogP contribution in [0.5, 0.6) is 0 Å². The molecule has 0 aliphatic heterocycles. The highest BCUT2D eigenvalue weighted by Crippen LogP contribution is 2.07. The molecule has 0 atom stereocenters. The van der Waals surface area contributed by atoms with E-state index < -0.39 is 0 Å². The van der Waals surface area contributed by atoms with Gasteiger partial charge in [0.1, 0.15) is 5.01 Å². The highest BCUT2D eigenvalue weighted by molar-refractivity contribution is 8.93. The molecular formula is C6H7BrN2S. The van der Waals surface area contributed by atoms with Gasteiger partial charge in [0.25, 0.3) is 0 Å². The molecule has 0 unspecified atom stereocenters. The fraction of sp³-hybridized carbons (Fsp3) is 0.333. The van der Waals surface area contributed by atoms with Gasteiger partial charge >= 0.3 is 0 Å². The number of hydrogen-bond acceptors (Lipinski definition) is 3. The van der Waals surface area contributed by atoms with E-state index in [1.807, 2.05) is 18.4 Å². The van der Waals surface area contributed by atoms with Crippen LogP contribution in [0, 0.1) is 18.3 Å². The van der Waals surface area contributed by atoms with Crippen molar-refractivity contribution in [1.82, 2.24) is 4.98 Å². The lowest BCUT2D eigenvalue weighted by Gasteiger charge is -1.77. The molecule has 0 spiro atoms. The van der Waals surface area contributed by atoms with Gasteiger partial charge in [-0.1, -0.05) is 0 Å². The second-order valence-electron chi connectivity index (χ2n) is 1.72. The Hall–Kier alpha value is -0.400. The largest absolute Gasteiger partial charge is 0.245 e. The smallest absolute Gasteiger partial charge is 0.107 e. The summed E-state index contributed by atoms with van der Waals surface area (Å²) >= 11 is 1.54. The summed E-state index contributed by atoms with van der Waals surface area (Å²) in [6, 6.07) is 2.05. The summed E-state index contributed by atoms with van der Waals surface area (Å²) in [4.78, 5) is 4.10. The lowest BCUT2D eigenvalue weighted by atomic mass is 10.5. The summed E-state index contributed by atoms with van der Waals surface area (Å²) < 4.78 is 0. The van der Waals surface area contributed by atoms with Gasteiger partial charge in [0.2, 0.25) is 0 Å². The maximum absolute atomic E-state index is 8.25. The third-order valence-electron chi connectivity index (χ3n) is 0.897. The Morgan fingerprint density at radius 2 is 2.50 bits per heavy atom. The van der Waals surface area contributed by atoms with E-state index in [0.717, 1.165) is 10.7 Å². The minimum atomic E-state index is 0. The minimum absolute atomic E-state index is 0. The normalized spacial score (nSPS) is 8.00. The van der Waals surface area contributed by atoms with Crippen molar-refractivity contribution in [2.45, 2.75) is 13.3 Å². The van der Waals surface area contributed by atoms with Crippen molar-refractivity contribution in [2.24, 2.45) is 0 Å². The van der Waals surface area contributed by atoms with Crippen LogP contribution in [0.15, 0.2) is 5.38 Å². The van der Waals surface area contributed by atoms with Crippen LogP contribution in [-0.2, 0) is 6.42 Å². The molecule has 1 aromatic rings. The SMILES string of the molecule is Br.Cc1csc(CC#N)n1. The van der Waals surface area contributed by atoms with E-state index in [9.17, 15) is 0 Å². The molecule has 0 fully saturated rings. The molecule has 0 amide bonds. The summed E-state index contributed by atoms with van der Waals surface area (Å²) in [7, 11) is 0. The molecule has 0 aliphatic carbocycles. The maximum atomic E-state index is 8.25. The highest BCUT2D eigenvalue weighted by Gasteiger charge is 1.94. The first kappa shape index (κ1) is 9.60. The van der Waals surface area contributed by atoms with Gasteiger partial charge in [0.05, 0.1) is 12.5 Å². The number of thiazole rings is 1. The Morgan fingerprint density at radius 3 is 2.90 bits per heavy atom. The van der Waals surface area contributed by atoms with Crippen LogP contribution in [0.1, 0.15) is 10.7 Å². The van der Waals surface area contributed by atoms with Crippen LogP contribution >= 0.6 is 28.3 Å². The number of hydrogen-bond donors (Lipinski definition) is 0. The van der Waals surface area contributed by atoms with E-state index >= 15 is 0 Å². The fourth-order valence-electron chi connectivity index (χ4n) is 0.552. The second kappa shape index (κ2) is 4.42. The summed E-state index contributed by atoms with van der Waals surface area (Å²) in [6.07, 6.45) is 0.443. The zero-order chi connectivity index (χ0) is 6.69. The third kappa shape index (κ3) is 2.46. The number of nitriles is 1. The standard InChI is InChI=1S/C6H6N2S.BrH/c1-5-4-9-6(8-5)2-3-7;/h4H,2H2,1H3;1H. The average Bonchev–Trinajstić information content (AvgIpc) is 2.17. The molecule has 0 bridgehead atoms. The molecule has 0 radical (unpaired) electrons. The Morgan fingerprint density at radius 1 is 1.80 bits per heavy atom. The fourth-order valence-corrected chi connectivity index (χ4v) is 1.26. The van der Waals surface area contributed by atoms with E-state index in [0.29, 0.717) is 6.42 Å². The lowest BCUT2D eigenvalue weighted by Crippen LogP contribution is -1.77. The molecule has 1 heterocycles. The lowest BCUT2D eigenvalue weighted by molar-refractivity contribution is 1.14. The molecule has 0 aromatic carbocycles. The van der Waals surface area contributed by atoms with Gasteiger partial charge in [0, 0.05) is 11.1 Å². The van der Waals surface area contributed by atoms with Crippen molar-refractivity contribution < 1.29 is 0 Å². The van der Waals surface area contributed by atoms with Gasteiger partial charge in [-0.3, -0.25) is 0 Å². The zero-order valence-electron chi connectivity index (χ0n) is 5.50. The number of aryl methyl sites for hydroxylation is 1. The van der Waals surface area contributed by atoms with E-state index in [-0.39, 0.29) is 17.0 Å². The monoisotopic (exact) mass is 218 g/mol. The zero-order valence-corrected chi connectivity index (χ0v) is 8.02. The van der Waals surface area contributed by atoms with Crippen molar-refractivity contribution in [2.75, 3.05) is 0 Å². The molecule has 0 saturated heterocycles. The quantitative estimate of drug-likeness (QED) is 0.725. The molecule has 0 N–H and O–H groups in total. The number of nitrogens with zero attached hydrogens (tertiary/aromatic N) is 2. The van der Waals surface area contributed by atoms with Crippen LogP contribution in [0.3, 0.4) is 0 Å². The molecule has 1 aromatic heterocycles. The van der Waals surface area contributed by atoms with Crippen molar-refractivity contribution in [3.8, 4) is 6.07 Å². The van der Waals surface area contributed by atoms with Crippen molar-refractivity contribution >= 4 is 28.3 Å². The van der Waals surface area contributed by atoms with Gasteiger partial charge in [-0.25, -0.2) is 4.98 Å². The number of halogens is 1. The predicted molar refractivity (Wildman–Crippen MR) is 46.5 cm³/mol. The highest BCUT2D eigenvalue weighted by atomic mass is 79.9. The molecule has 54 valence electrons. The van der Waals surface area contributed by atoms with E-state index in [4.69, 9.17) is 5.26 Å². The van der Waals surface area contributed by atoms with E-state index in [1.165, 1.54) is 0 Å². The first-order valence-corrected chi connectivity index (χ1v) is 3.49. The second-order valence-corrected chi connectivity index (χ2v) is 2.66. The Kier molecular flexibility index (Phi) is 4.24. The van der Waals surface area contributed by atoms with Crippen LogP contribution in [0.2, 0.25) is 0 Å². The first-order chi connectivity index (χ1) is 4.33. The summed E-state index contributed by atoms with van der Waals surface area (Å²) in [6.45, 7) is 1.93. The number of rotatable bonds is 1. The van der Waals surface area contributed by atoms with Gasteiger partial charge in [-0.05, 0) is 6.92 Å². The van der Waals surface area contributed by atoms with Crippen LogP contribution in [-0.4, -0.2) is 4.98 Å². The number of aromatic nitrogens is 1. The van der Waals surface area contributed by atoms with Gasteiger partial charge < -0.3 is 0 Å². The molecule has 1 rings (SSSR count). The van der Waals surface area contributed by atoms with Crippen LogP contribution < -0.4 is 0 Å². The van der Waals surface area contributed by atoms with Gasteiger partial charge in [-0.2, -0.15) is 5.26 Å². The maximum Gasteiger partial charge on any atom is 0.107 e. The molecule has 0 aliphatic rings. The van der Waals surface area contributed by atoms with Gasteiger partial charge in [-0.15, -0.1) is 28.3 Å². The Labute approximate surface area is 74.3 Å². The Balaban J connectivity index is 0.000000810. The van der Waals surface area contributed by atoms with Gasteiger partial charge in [0.15, 0.2) is 0 Å². The van der Waals surface area contributed by atoms with Crippen molar-refractivity contribution in [3.05, 3.63) is 16.1 Å². The minimum Gasteiger partial charge on any atom is -0.245 e. The molecular weight excluding hydrogens is 212 g/mol. The molecule has 2 nitrogen and oxygen atoms in total. The predicted octanol–water partition coefficient (Wildman–Crippen LogP) is 2.10. The van der Waals surface area contributed by atoms with E-state index in [2.05, 4.69) is 4.98 Å². The Bertz CT molecular complexity index is 238. The van der Waals surface area contributed by atoms with E-state index in [1.54, 1.807) is 11.3 Å². The molecule has 10 heavy (non-hydrogen) atoms. The summed E-state index contributed by atoms with van der Waals surface area (Å²) in [5.41, 5.74) is 1.00. The van der Waals surface area contributed by atoms with Crippen molar-refractivity contribution in [1.29, 1.82) is 5.26 Å². The third-order valence-corrected chi connectivity index (χ3v) is 1.86. The topological polar surface area (TPSA) is 36.7 Å².